The van der Waals surface area contributed by atoms with Crippen LogP contribution in [0, 0.1) is 0 Å². The lowest BCUT2D eigenvalue weighted by molar-refractivity contribution is 0.677. The van der Waals surface area contributed by atoms with Crippen LogP contribution in [0.1, 0.15) is 31.4 Å². The van der Waals surface area contributed by atoms with Crippen molar-refractivity contribution in [1.82, 2.24) is 0 Å². The lowest BCUT2D eigenvalue weighted by Crippen LogP contribution is -2.12. The number of halogens is 1. The fraction of sp³-hybridized carbons (Fsp3) is 0.333. The van der Waals surface area contributed by atoms with Crippen molar-refractivity contribution >= 4 is 23.0 Å². The molecule has 2 rings (SSSR count). The minimum atomic E-state index is 0.317. The van der Waals surface area contributed by atoms with E-state index in [0.717, 1.165) is 29.2 Å². The monoisotopic (exact) mass is 302 g/mol. The lowest BCUT2D eigenvalue weighted by atomic mass is 10.0. The van der Waals surface area contributed by atoms with Gasteiger partial charge >= 0.3 is 0 Å². The molecule has 0 fully saturated rings. The van der Waals surface area contributed by atoms with Gasteiger partial charge in [0.1, 0.15) is 0 Å². The van der Waals surface area contributed by atoms with Gasteiger partial charge in [0.05, 0.1) is 16.8 Å². The zero-order chi connectivity index (χ0) is 15.2. The van der Waals surface area contributed by atoms with Crippen molar-refractivity contribution in [1.29, 1.82) is 0 Å². The molecule has 0 heterocycles. The van der Waals surface area contributed by atoms with Crippen molar-refractivity contribution in [3.05, 3.63) is 59.1 Å². The van der Waals surface area contributed by atoms with E-state index in [9.17, 15) is 0 Å². The van der Waals surface area contributed by atoms with Crippen molar-refractivity contribution in [3.8, 4) is 0 Å². The van der Waals surface area contributed by atoms with E-state index < -0.39 is 0 Å². The zero-order valence-corrected chi connectivity index (χ0v) is 13.7. The summed E-state index contributed by atoms with van der Waals surface area (Å²) in [6.45, 7) is 2.21. The second kappa shape index (κ2) is 7.37. The molecular weight excluding hydrogens is 280 g/mol. The van der Waals surface area contributed by atoms with Crippen molar-refractivity contribution in [2.75, 3.05) is 24.3 Å². The molecule has 1 atom stereocenters. The molecule has 0 saturated heterocycles. The average molecular weight is 303 g/mol. The maximum atomic E-state index is 6.35. The molecular formula is C18H23ClN2. The molecule has 2 nitrogen and oxygen atoms in total. The van der Waals surface area contributed by atoms with Gasteiger partial charge in [-0.05, 0) is 30.2 Å². The van der Waals surface area contributed by atoms with Crippen molar-refractivity contribution in [2.24, 2.45) is 0 Å². The van der Waals surface area contributed by atoms with Gasteiger partial charge in [-0.15, -0.1) is 0 Å². The van der Waals surface area contributed by atoms with Gasteiger partial charge in [0, 0.05) is 19.8 Å². The summed E-state index contributed by atoms with van der Waals surface area (Å²) in [5, 5.41) is 4.37. The predicted molar refractivity (Wildman–Crippen MR) is 93.5 cm³/mol. The van der Waals surface area contributed by atoms with E-state index >= 15 is 0 Å². The fourth-order valence-corrected chi connectivity index (χ4v) is 2.81. The Morgan fingerprint density at radius 3 is 2.38 bits per heavy atom. The second-order valence-corrected chi connectivity index (χ2v) is 5.86. The van der Waals surface area contributed by atoms with Crippen LogP contribution in [0.4, 0.5) is 11.4 Å². The first-order valence-corrected chi connectivity index (χ1v) is 7.78. The van der Waals surface area contributed by atoms with E-state index in [4.69, 9.17) is 11.6 Å². The maximum Gasteiger partial charge on any atom is 0.0659 e. The summed E-state index contributed by atoms with van der Waals surface area (Å²) in [7, 11) is 4.00. The average Bonchev–Trinajstić information content (AvgIpc) is 2.47. The first kappa shape index (κ1) is 15.7. The topological polar surface area (TPSA) is 15.3 Å². The Balaban J connectivity index is 2.19. The SMILES string of the molecule is CCCC(Nc1ccc(N(C)C)c(Cl)c1)c1ccccc1. The molecule has 21 heavy (non-hydrogen) atoms. The van der Waals surface area contributed by atoms with E-state index in [1.807, 2.05) is 25.1 Å². The van der Waals surface area contributed by atoms with Gasteiger partial charge in [0.15, 0.2) is 0 Å². The normalized spacial score (nSPS) is 12.0. The van der Waals surface area contributed by atoms with Crippen molar-refractivity contribution < 1.29 is 0 Å². The number of anilines is 2. The van der Waals surface area contributed by atoms with Gasteiger partial charge < -0.3 is 10.2 Å². The fourth-order valence-electron chi connectivity index (χ4n) is 2.46. The number of rotatable bonds is 6. The Kier molecular flexibility index (Phi) is 5.51. The molecule has 3 heteroatoms. The first-order valence-electron chi connectivity index (χ1n) is 7.40. The molecule has 0 radical (unpaired) electrons. The van der Waals surface area contributed by atoms with Crippen LogP contribution < -0.4 is 10.2 Å². The van der Waals surface area contributed by atoms with E-state index in [-0.39, 0.29) is 0 Å². The van der Waals surface area contributed by atoms with Crippen LogP contribution in [-0.4, -0.2) is 14.1 Å². The number of benzene rings is 2. The summed E-state index contributed by atoms with van der Waals surface area (Å²) in [6.07, 6.45) is 2.23. The quantitative estimate of drug-likeness (QED) is 0.773. The third-order valence-corrected chi connectivity index (χ3v) is 3.85. The molecule has 1 N–H and O–H groups in total. The van der Waals surface area contributed by atoms with Crippen LogP contribution in [0.5, 0.6) is 0 Å². The third kappa shape index (κ3) is 4.15. The van der Waals surface area contributed by atoms with Crippen LogP contribution in [-0.2, 0) is 0 Å². The summed E-state index contributed by atoms with van der Waals surface area (Å²) in [5.41, 5.74) is 3.41. The Morgan fingerprint density at radius 1 is 1.10 bits per heavy atom. The Hall–Kier alpha value is -1.67. The highest BCUT2D eigenvalue weighted by Gasteiger charge is 2.11. The number of nitrogens with one attached hydrogen (secondary N) is 1. The molecule has 0 aliphatic heterocycles. The van der Waals surface area contributed by atoms with Gasteiger partial charge in [0.2, 0.25) is 0 Å². The van der Waals surface area contributed by atoms with Gasteiger partial charge in [-0.1, -0.05) is 55.3 Å². The van der Waals surface area contributed by atoms with Crippen LogP contribution in [0.3, 0.4) is 0 Å². The van der Waals surface area contributed by atoms with Crippen LogP contribution in [0.2, 0.25) is 5.02 Å². The van der Waals surface area contributed by atoms with Gasteiger partial charge in [-0.3, -0.25) is 0 Å². The molecule has 0 amide bonds. The van der Waals surface area contributed by atoms with Gasteiger partial charge in [-0.2, -0.15) is 0 Å². The predicted octanol–water partition coefficient (Wildman–Crippen LogP) is 5.36. The largest absolute Gasteiger partial charge is 0.378 e. The highest BCUT2D eigenvalue weighted by molar-refractivity contribution is 6.33. The highest BCUT2D eigenvalue weighted by Crippen LogP contribution is 2.30. The van der Waals surface area contributed by atoms with E-state index in [2.05, 4.69) is 54.7 Å². The Bertz CT molecular complexity index is 567. The molecule has 2 aromatic carbocycles. The molecule has 1 unspecified atom stereocenters. The molecule has 0 aliphatic rings. The molecule has 0 aliphatic carbocycles. The smallest absolute Gasteiger partial charge is 0.0659 e. The Labute approximate surface area is 132 Å². The van der Waals surface area contributed by atoms with E-state index in [1.54, 1.807) is 0 Å². The summed E-state index contributed by atoms with van der Waals surface area (Å²) in [6, 6.07) is 17.0. The standard InChI is InChI=1S/C18H23ClN2/c1-4-8-17(14-9-6-5-7-10-14)20-15-11-12-18(21(2)3)16(19)13-15/h5-7,9-13,17,20H,4,8H2,1-3H3. The maximum absolute atomic E-state index is 6.35. The summed E-state index contributed by atoms with van der Waals surface area (Å²) in [4.78, 5) is 2.02. The molecule has 0 spiro atoms. The molecule has 0 bridgehead atoms. The van der Waals surface area contributed by atoms with Crippen molar-refractivity contribution in [2.45, 2.75) is 25.8 Å². The van der Waals surface area contributed by atoms with Crippen LogP contribution in [0.25, 0.3) is 0 Å². The number of hydrogen-bond acceptors (Lipinski definition) is 2. The first-order chi connectivity index (χ1) is 10.1. The van der Waals surface area contributed by atoms with E-state index in [0.29, 0.717) is 6.04 Å². The molecule has 0 saturated carbocycles. The zero-order valence-electron chi connectivity index (χ0n) is 12.9. The second-order valence-electron chi connectivity index (χ2n) is 5.46. The minimum Gasteiger partial charge on any atom is -0.378 e. The molecule has 0 aromatic heterocycles. The third-order valence-electron chi connectivity index (χ3n) is 3.55. The summed E-state index contributed by atoms with van der Waals surface area (Å²) in [5.74, 6) is 0. The van der Waals surface area contributed by atoms with E-state index in [1.165, 1.54) is 5.56 Å². The minimum absolute atomic E-state index is 0.317. The van der Waals surface area contributed by atoms with Gasteiger partial charge in [0.25, 0.3) is 0 Å². The molecule has 112 valence electrons. The van der Waals surface area contributed by atoms with Gasteiger partial charge in [-0.25, -0.2) is 0 Å². The summed E-state index contributed by atoms with van der Waals surface area (Å²) < 4.78 is 0. The van der Waals surface area contributed by atoms with Crippen LogP contribution >= 0.6 is 11.6 Å². The molecule has 2 aromatic rings. The number of nitrogens with zero attached hydrogens (tertiary/aromatic N) is 1. The summed E-state index contributed by atoms with van der Waals surface area (Å²) >= 11 is 6.35. The Morgan fingerprint density at radius 2 is 1.81 bits per heavy atom. The highest BCUT2D eigenvalue weighted by atomic mass is 35.5. The lowest BCUT2D eigenvalue weighted by Gasteiger charge is -2.21. The number of hydrogen-bond donors (Lipinski definition) is 1. The van der Waals surface area contributed by atoms with Crippen molar-refractivity contribution in [3.63, 3.8) is 0 Å². The van der Waals surface area contributed by atoms with Crippen LogP contribution in [0.15, 0.2) is 48.5 Å².